The molecule has 2 aliphatic rings. The molecule has 1 aromatic carbocycles. The standard InChI is InChI=1S/C20H28N2O3/c23-19(24)17-9-11-18(12-10-17)21-20(25)22(14-16-7-4-8-16)13-15-5-2-1-3-6-15/h1-3,5-6,16-18H,4,7-14H2,(H,21,25)(H,23,24). The second kappa shape index (κ2) is 8.37. The van der Waals surface area contributed by atoms with Crippen LogP contribution >= 0.6 is 0 Å². The lowest BCUT2D eigenvalue weighted by Gasteiger charge is -2.34. The van der Waals surface area contributed by atoms with Crippen LogP contribution in [0.3, 0.4) is 0 Å². The lowest BCUT2D eigenvalue weighted by Crippen LogP contribution is -2.48. The van der Waals surface area contributed by atoms with Crippen LogP contribution in [-0.2, 0) is 11.3 Å². The van der Waals surface area contributed by atoms with Crippen LogP contribution in [0.15, 0.2) is 30.3 Å². The molecule has 0 saturated heterocycles. The number of urea groups is 1. The Balaban J connectivity index is 1.56. The summed E-state index contributed by atoms with van der Waals surface area (Å²) in [6.07, 6.45) is 6.51. The molecule has 1 aromatic rings. The lowest BCUT2D eigenvalue weighted by molar-refractivity contribution is -0.142. The Morgan fingerprint density at radius 1 is 1.04 bits per heavy atom. The molecule has 5 nitrogen and oxygen atoms in total. The van der Waals surface area contributed by atoms with E-state index in [0.29, 0.717) is 25.3 Å². The molecule has 25 heavy (non-hydrogen) atoms. The Morgan fingerprint density at radius 2 is 1.72 bits per heavy atom. The van der Waals surface area contributed by atoms with Crippen molar-refractivity contribution in [2.24, 2.45) is 11.8 Å². The molecule has 3 rings (SSSR count). The second-order valence-corrected chi connectivity index (χ2v) is 7.50. The summed E-state index contributed by atoms with van der Waals surface area (Å²) in [5.41, 5.74) is 1.14. The summed E-state index contributed by atoms with van der Waals surface area (Å²) in [5.74, 6) is -0.332. The van der Waals surface area contributed by atoms with Gasteiger partial charge < -0.3 is 15.3 Å². The van der Waals surface area contributed by atoms with Gasteiger partial charge in [-0.3, -0.25) is 4.79 Å². The summed E-state index contributed by atoms with van der Waals surface area (Å²) in [4.78, 5) is 25.8. The van der Waals surface area contributed by atoms with Gasteiger partial charge in [-0.25, -0.2) is 4.79 Å². The fraction of sp³-hybridized carbons (Fsp3) is 0.600. The fourth-order valence-electron chi connectivity index (χ4n) is 3.76. The minimum absolute atomic E-state index is 0.00507. The molecule has 2 fully saturated rings. The van der Waals surface area contributed by atoms with Crippen molar-refractivity contribution in [3.8, 4) is 0 Å². The Labute approximate surface area is 149 Å². The third-order valence-electron chi connectivity index (χ3n) is 5.61. The van der Waals surface area contributed by atoms with Crippen molar-refractivity contribution in [1.29, 1.82) is 0 Å². The lowest BCUT2D eigenvalue weighted by atomic mass is 9.85. The minimum atomic E-state index is -0.708. The molecule has 2 aliphatic carbocycles. The Morgan fingerprint density at radius 3 is 2.28 bits per heavy atom. The highest BCUT2D eigenvalue weighted by atomic mass is 16.4. The topological polar surface area (TPSA) is 69.6 Å². The van der Waals surface area contributed by atoms with Crippen molar-refractivity contribution < 1.29 is 14.7 Å². The maximum Gasteiger partial charge on any atom is 0.317 e. The highest BCUT2D eigenvalue weighted by Crippen LogP contribution is 2.28. The third-order valence-corrected chi connectivity index (χ3v) is 5.61. The van der Waals surface area contributed by atoms with Crippen molar-refractivity contribution in [2.75, 3.05) is 6.54 Å². The summed E-state index contributed by atoms with van der Waals surface area (Å²) in [5, 5.41) is 12.2. The van der Waals surface area contributed by atoms with Gasteiger partial charge in [-0.05, 0) is 50.0 Å². The van der Waals surface area contributed by atoms with E-state index in [2.05, 4.69) is 17.4 Å². The first kappa shape index (κ1) is 17.8. The van der Waals surface area contributed by atoms with Crippen LogP contribution < -0.4 is 5.32 Å². The van der Waals surface area contributed by atoms with Gasteiger partial charge in [-0.1, -0.05) is 36.8 Å². The zero-order chi connectivity index (χ0) is 17.6. The number of carbonyl (C=O) groups is 2. The van der Waals surface area contributed by atoms with Gasteiger partial charge in [0, 0.05) is 19.1 Å². The van der Waals surface area contributed by atoms with Crippen LogP contribution in [0.4, 0.5) is 4.79 Å². The molecule has 2 N–H and O–H groups in total. The van der Waals surface area contributed by atoms with Crippen LogP contribution in [-0.4, -0.2) is 34.6 Å². The normalized spacial score (nSPS) is 23.5. The average molecular weight is 344 g/mol. The van der Waals surface area contributed by atoms with Crippen molar-refractivity contribution in [3.63, 3.8) is 0 Å². The van der Waals surface area contributed by atoms with E-state index in [1.165, 1.54) is 19.3 Å². The van der Waals surface area contributed by atoms with E-state index in [9.17, 15) is 9.59 Å². The minimum Gasteiger partial charge on any atom is -0.481 e. The number of benzene rings is 1. The van der Waals surface area contributed by atoms with Crippen molar-refractivity contribution >= 4 is 12.0 Å². The maximum atomic E-state index is 12.8. The molecule has 0 atom stereocenters. The Bertz CT molecular complexity index is 578. The van der Waals surface area contributed by atoms with Crippen LogP contribution in [0.2, 0.25) is 0 Å². The van der Waals surface area contributed by atoms with E-state index in [4.69, 9.17) is 5.11 Å². The number of nitrogens with zero attached hydrogens (tertiary/aromatic N) is 1. The predicted octanol–water partition coefficient (Wildman–Crippen LogP) is 3.64. The molecule has 2 saturated carbocycles. The van der Waals surface area contributed by atoms with E-state index in [1.807, 2.05) is 23.1 Å². The number of aliphatic carboxylic acids is 1. The van der Waals surface area contributed by atoms with E-state index in [-0.39, 0.29) is 18.0 Å². The van der Waals surface area contributed by atoms with Gasteiger partial charge in [-0.2, -0.15) is 0 Å². The highest BCUT2D eigenvalue weighted by Gasteiger charge is 2.29. The van der Waals surface area contributed by atoms with Crippen LogP contribution in [0.1, 0.15) is 50.5 Å². The number of carboxylic acid groups (broad SMARTS) is 1. The van der Waals surface area contributed by atoms with E-state index >= 15 is 0 Å². The largest absolute Gasteiger partial charge is 0.481 e. The molecule has 5 heteroatoms. The quantitative estimate of drug-likeness (QED) is 0.828. The molecule has 0 bridgehead atoms. The molecule has 0 unspecified atom stereocenters. The fourth-order valence-corrected chi connectivity index (χ4v) is 3.76. The molecule has 0 aromatic heterocycles. The molecule has 136 valence electrons. The van der Waals surface area contributed by atoms with E-state index < -0.39 is 5.97 Å². The number of hydrogen-bond acceptors (Lipinski definition) is 2. The third kappa shape index (κ3) is 4.97. The zero-order valence-electron chi connectivity index (χ0n) is 14.7. The molecule has 0 heterocycles. The molecule has 2 amide bonds. The zero-order valence-corrected chi connectivity index (χ0v) is 14.7. The van der Waals surface area contributed by atoms with Crippen LogP contribution in [0, 0.1) is 11.8 Å². The summed E-state index contributed by atoms with van der Waals surface area (Å²) in [7, 11) is 0. The molecular weight excluding hydrogens is 316 g/mol. The summed E-state index contributed by atoms with van der Waals surface area (Å²) in [6.45, 7) is 1.44. The van der Waals surface area contributed by atoms with Crippen molar-refractivity contribution in [1.82, 2.24) is 10.2 Å². The average Bonchev–Trinajstić information content (AvgIpc) is 2.58. The Kier molecular flexibility index (Phi) is 5.95. The number of nitrogens with one attached hydrogen (secondary N) is 1. The first-order valence-electron chi connectivity index (χ1n) is 9.44. The molecule has 0 aliphatic heterocycles. The predicted molar refractivity (Wildman–Crippen MR) is 96.1 cm³/mol. The number of carbonyl (C=O) groups excluding carboxylic acids is 1. The number of rotatable bonds is 6. The van der Waals surface area contributed by atoms with Gasteiger partial charge in [0.05, 0.1) is 5.92 Å². The van der Waals surface area contributed by atoms with Crippen molar-refractivity contribution in [2.45, 2.75) is 57.5 Å². The van der Waals surface area contributed by atoms with Crippen molar-refractivity contribution in [3.05, 3.63) is 35.9 Å². The van der Waals surface area contributed by atoms with E-state index in [0.717, 1.165) is 24.9 Å². The van der Waals surface area contributed by atoms with Gasteiger partial charge in [0.25, 0.3) is 0 Å². The maximum absolute atomic E-state index is 12.8. The molecular formula is C20H28N2O3. The van der Waals surface area contributed by atoms with Gasteiger partial charge in [-0.15, -0.1) is 0 Å². The summed E-state index contributed by atoms with van der Waals surface area (Å²) >= 11 is 0. The summed E-state index contributed by atoms with van der Waals surface area (Å²) in [6, 6.07) is 10.2. The molecule has 0 spiro atoms. The van der Waals surface area contributed by atoms with Gasteiger partial charge >= 0.3 is 12.0 Å². The highest BCUT2D eigenvalue weighted by molar-refractivity contribution is 5.75. The van der Waals surface area contributed by atoms with Gasteiger partial charge in [0.15, 0.2) is 0 Å². The Hall–Kier alpha value is -2.04. The monoisotopic (exact) mass is 344 g/mol. The molecule has 0 radical (unpaired) electrons. The summed E-state index contributed by atoms with van der Waals surface area (Å²) < 4.78 is 0. The van der Waals surface area contributed by atoms with Gasteiger partial charge in [0.2, 0.25) is 0 Å². The first-order chi connectivity index (χ1) is 12.1. The second-order valence-electron chi connectivity index (χ2n) is 7.50. The smallest absolute Gasteiger partial charge is 0.317 e. The van der Waals surface area contributed by atoms with E-state index in [1.54, 1.807) is 0 Å². The number of amides is 2. The van der Waals surface area contributed by atoms with Gasteiger partial charge in [0.1, 0.15) is 0 Å². The number of carboxylic acids is 1. The first-order valence-corrected chi connectivity index (χ1v) is 9.44. The van der Waals surface area contributed by atoms with Crippen LogP contribution in [0.5, 0.6) is 0 Å². The number of hydrogen-bond donors (Lipinski definition) is 2. The SMILES string of the molecule is O=C(O)C1CCC(NC(=O)N(Cc2ccccc2)CC2CCC2)CC1. The van der Waals surface area contributed by atoms with Crippen LogP contribution in [0.25, 0.3) is 0 Å².